The molecule has 5 nitrogen and oxygen atoms in total. The molecule has 1 rings (SSSR count). The monoisotopic (exact) mass is 223 g/mol. The summed E-state index contributed by atoms with van der Waals surface area (Å²) >= 11 is 0. The van der Waals surface area contributed by atoms with Gasteiger partial charge >= 0.3 is 5.97 Å². The number of hydrogen-bond donors (Lipinski definition) is 0. The minimum Gasteiger partial charge on any atom is -0.462 e. The molecule has 0 aliphatic heterocycles. The van der Waals surface area contributed by atoms with E-state index in [-0.39, 0.29) is 5.69 Å². The second-order valence-corrected chi connectivity index (χ2v) is 3.29. The molecule has 16 heavy (non-hydrogen) atoms. The molecule has 0 aliphatic carbocycles. The highest BCUT2D eigenvalue weighted by atomic mass is 16.6. The van der Waals surface area contributed by atoms with Crippen LogP contribution in [0.1, 0.15) is 30.1 Å². The number of nitro benzene ring substituents is 1. The highest BCUT2D eigenvalue weighted by Crippen LogP contribution is 2.12. The quantitative estimate of drug-likeness (QED) is 0.333. The molecule has 1 aromatic carbocycles. The van der Waals surface area contributed by atoms with Crippen LogP contribution in [0.3, 0.4) is 0 Å². The van der Waals surface area contributed by atoms with Gasteiger partial charge in [0.1, 0.15) is 0 Å². The molecule has 0 aromatic heterocycles. The summed E-state index contributed by atoms with van der Waals surface area (Å²) in [4.78, 5) is 21.3. The van der Waals surface area contributed by atoms with Crippen LogP contribution in [0, 0.1) is 10.1 Å². The third-order valence-electron chi connectivity index (χ3n) is 2.04. The van der Waals surface area contributed by atoms with Gasteiger partial charge in [-0.3, -0.25) is 10.1 Å². The average molecular weight is 223 g/mol. The van der Waals surface area contributed by atoms with E-state index in [0.717, 1.165) is 12.8 Å². The molecule has 0 N–H and O–H groups in total. The Morgan fingerprint density at radius 3 is 2.50 bits per heavy atom. The number of carbonyl (C=O) groups is 1. The molecule has 0 bridgehead atoms. The van der Waals surface area contributed by atoms with E-state index < -0.39 is 10.9 Å². The third kappa shape index (κ3) is 3.34. The van der Waals surface area contributed by atoms with Crippen molar-refractivity contribution in [2.24, 2.45) is 0 Å². The molecule has 0 spiro atoms. The number of non-ortho nitro benzene ring substituents is 1. The first-order valence-electron chi connectivity index (χ1n) is 5.06. The highest BCUT2D eigenvalue weighted by Gasteiger charge is 2.09. The van der Waals surface area contributed by atoms with E-state index >= 15 is 0 Å². The molecule has 0 atom stereocenters. The van der Waals surface area contributed by atoms with E-state index in [4.69, 9.17) is 4.74 Å². The largest absolute Gasteiger partial charge is 0.462 e. The summed E-state index contributed by atoms with van der Waals surface area (Å²) in [6.45, 7) is 2.38. The summed E-state index contributed by atoms with van der Waals surface area (Å²) in [6, 6.07) is 5.37. The summed E-state index contributed by atoms with van der Waals surface area (Å²) in [5.41, 5.74) is 0.298. The lowest BCUT2D eigenvalue weighted by atomic mass is 10.2. The van der Waals surface area contributed by atoms with Crippen molar-refractivity contribution < 1.29 is 14.5 Å². The Bertz CT molecular complexity index is 372. The number of benzene rings is 1. The van der Waals surface area contributed by atoms with Gasteiger partial charge in [0.2, 0.25) is 0 Å². The Labute approximate surface area is 93.2 Å². The van der Waals surface area contributed by atoms with Crippen LogP contribution >= 0.6 is 0 Å². The third-order valence-corrected chi connectivity index (χ3v) is 2.04. The van der Waals surface area contributed by atoms with E-state index in [1.54, 1.807) is 0 Å². The first-order chi connectivity index (χ1) is 7.65. The van der Waals surface area contributed by atoms with Crippen molar-refractivity contribution in [2.45, 2.75) is 19.8 Å². The minimum atomic E-state index is -0.508. The Hall–Kier alpha value is -1.91. The summed E-state index contributed by atoms with van der Waals surface area (Å²) < 4.78 is 4.96. The number of ether oxygens (including phenoxy) is 1. The molecule has 0 saturated carbocycles. The number of hydrogen-bond acceptors (Lipinski definition) is 4. The SMILES string of the molecule is CCCCOC(=O)c1ccc([N+](=O)[O-])cc1. The van der Waals surface area contributed by atoms with Gasteiger partial charge in [-0.25, -0.2) is 4.79 Å². The number of unbranched alkanes of at least 4 members (excludes halogenated alkanes) is 1. The van der Waals surface area contributed by atoms with Crippen molar-refractivity contribution >= 4 is 11.7 Å². The Morgan fingerprint density at radius 2 is 2.00 bits per heavy atom. The number of esters is 1. The van der Waals surface area contributed by atoms with Crippen molar-refractivity contribution in [3.63, 3.8) is 0 Å². The van der Waals surface area contributed by atoms with Crippen molar-refractivity contribution in [1.29, 1.82) is 0 Å². The van der Waals surface area contributed by atoms with E-state index in [1.807, 2.05) is 6.92 Å². The van der Waals surface area contributed by atoms with Crippen molar-refractivity contribution in [3.05, 3.63) is 39.9 Å². The molecular formula is C11H13NO4. The fourth-order valence-electron chi connectivity index (χ4n) is 1.11. The lowest BCUT2D eigenvalue weighted by Crippen LogP contribution is -2.06. The van der Waals surface area contributed by atoms with Crippen LogP contribution in [-0.4, -0.2) is 17.5 Å². The molecule has 0 heterocycles. The molecular weight excluding hydrogens is 210 g/mol. The molecule has 1 aromatic rings. The topological polar surface area (TPSA) is 69.4 Å². The first kappa shape index (κ1) is 12.2. The van der Waals surface area contributed by atoms with E-state index in [1.165, 1.54) is 24.3 Å². The van der Waals surface area contributed by atoms with Crippen LogP contribution in [-0.2, 0) is 4.74 Å². The van der Waals surface area contributed by atoms with E-state index in [0.29, 0.717) is 12.2 Å². The molecule has 5 heteroatoms. The van der Waals surface area contributed by atoms with Gasteiger partial charge in [0.15, 0.2) is 0 Å². The molecule has 0 saturated heterocycles. The smallest absolute Gasteiger partial charge is 0.338 e. The standard InChI is InChI=1S/C11H13NO4/c1-2-3-8-16-11(13)9-4-6-10(7-5-9)12(14)15/h4-7H,2-3,8H2,1H3. The summed E-state index contributed by atoms with van der Waals surface area (Å²) in [5.74, 6) is -0.441. The molecule has 0 unspecified atom stereocenters. The van der Waals surface area contributed by atoms with Gasteiger partial charge in [0.05, 0.1) is 17.1 Å². The van der Waals surface area contributed by atoms with Gasteiger partial charge in [-0.2, -0.15) is 0 Å². The van der Waals surface area contributed by atoms with Gasteiger partial charge < -0.3 is 4.74 Å². The van der Waals surface area contributed by atoms with E-state index in [2.05, 4.69) is 0 Å². The van der Waals surface area contributed by atoms with Crippen molar-refractivity contribution in [3.8, 4) is 0 Å². The second-order valence-electron chi connectivity index (χ2n) is 3.29. The number of nitrogens with zero attached hydrogens (tertiary/aromatic N) is 1. The molecule has 86 valence electrons. The predicted molar refractivity (Wildman–Crippen MR) is 58.3 cm³/mol. The minimum absolute atomic E-state index is 0.0369. The van der Waals surface area contributed by atoms with Crippen molar-refractivity contribution in [2.75, 3.05) is 6.61 Å². The lowest BCUT2D eigenvalue weighted by molar-refractivity contribution is -0.384. The van der Waals surface area contributed by atoms with Crippen LogP contribution in [0.5, 0.6) is 0 Å². The molecule has 0 radical (unpaired) electrons. The fourth-order valence-corrected chi connectivity index (χ4v) is 1.11. The summed E-state index contributed by atoms with van der Waals surface area (Å²) in [6.07, 6.45) is 1.77. The van der Waals surface area contributed by atoms with Crippen molar-refractivity contribution in [1.82, 2.24) is 0 Å². The van der Waals surface area contributed by atoms with Gasteiger partial charge in [-0.1, -0.05) is 13.3 Å². The first-order valence-corrected chi connectivity index (χ1v) is 5.06. The van der Waals surface area contributed by atoms with Gasteiger partial charge in [0.25, 0.3) is 5.69 Å². The molecule has 0 amide bonds. The Kier molecular flexibility index (Phi) is 4.44. The molecule has 0 fully saturated rings. The maximum atomic E-state index is 11.4. The molecule has 0 aliphatic rings. The predicted octanol–water partition coefficient (Wildman–Crippen LogP) is 2.55. The Balaban J connectivity index is 2.59. The number of rotatable bonds is 5. The summed E-state index contributed by atoms with van der Waals surface area (Å²) in [7, 11) is 0. The highest BCUT2D eigenvalue weighted by molar-refractivity contribution is 5.89. The summed E-state index contributed by atoms with van der Waals surface area (Å²) in [5, 5.41) is 10.4. The fraction of sp³-hybridized carbons (Fsp3) is 0.364. The average Bonchev–Trinajstić information content (AvgIpc) is 2.29. The van der Waals surface area contributed by atoms with Crippen LogP contribution in [0.2, 0.25) is 0 Å². The maximum Gasteiger partial charge on any atom is 0.338 e. The lowest BCUT2D eigenvalue weighted by Gasteiger charge is -2.03. The van der Waals surface area contributed by atoms with Crippen LogP contribution in [0.4, 0.5) is 5.69 Å². The number of carbonyl (C=O) groups excluding carboxylic acids is 1. The van der Waals surface area contributed by atoms with E-state index in [9.17, 15) is 14.9 Å². The van der Waals surface area contributed by atoms with Crippen LogP contribution < -0.4 is 0 Å². The van der Waals surface area contributed by atoms with Crippen LogP contribution in [0.15, 0.2) is 24.3 Å². The van der Waals surface area contributed by atoms with Gasteiger partial charge in [-0.05, 0) is 18.6 Å². The maximum absolute atomic E-state index is 11.4. The van der Waals surface area contributed by atoms with Gasteiger partial charge in [-0.15, -0.1) is 0 Å². The second kappa shape index (κ2) is 5.85. The zero-order valence-electron chi connectivity index (χ0n) is 9.01. The zero-order chi connectivity index (χ0) is 12.0. The zero-order valence-corrected chi connectivity index (χ0v) is 9.01. The number of nitro groups is 1. The Morgan fingerprint density at radius 1 is 1.38 bits per heavy atom. The van der Waals surface area contributed by atoms with Gasteiger partial charge in [0, 0.05) is 12.1 Å². The normalized spacial score (nSPS) is 9.81. The van der Waals surface area contributed by atoms with Crippen LogP contribution in [0.25, 0.3) is 0 Å².